The third-order valence-corrected chi connectivity index (χ3v) is 1.76. The van der Waals surface area contributed by atoms with Gasteiger partial charge in [0.2, 0.25) is 0 Å². The van der Waals surface area contributed by atoms with Crippen molar-refractivity contribution in [2.24, 2.45) is 0 Å². The molecule has 0 fully saturated rings. The fraction of sp³-hybridized carbons (Fsp3) is 1.00. The van der Waals surface area contributed by atoms with Gasteiger partial charge in [-0.3, -0.25) is 30.3 Å². The standard InChI is InChI=1S/C2H4BrN3O6/c1-12-6(11)2(3,4(7)8)5(9)10/h11H,1H3. The minimum atomic E-state index is -3.07. The molecule has 0 aliphatic carbocycles. The van der Waals surface area contributed by atoms with E-state index >= 15 is 0 Å². The van der Waals surface area contributed by atoms with Gasteiger partial charge < -0.3 is 0 Å². The summed E-state index contributed by atoms with van der Waals surface area (Å²) in [6.07, 6.45) is 0. The number of hydroxylamine groups is 2. The molecule has 9 nitrogen and oxygen atoms in total. The van der Waals surface area contributed by atoms with Crippen LogP contribution in [-0.4, -0.2) is 32.1 Å². The van der Waals surface area contributed by atoms with Crippen molar-refractivity contribution in [3.8, 4) is 0 Å². The molecular weight excluding hydrogens is 242 g/mol. The molecule has 0 aromatic heterocycles. The normalized spacial score (nSPS) is 11.7. The van der Waals surface area contributed by atoms with E-state index in [1.165, 1.54) is 0 Å². The van der Waals surface area contributed by atoms with Gasteiger partial charge in [0, 0.05) is 0 Å². The van der Waals surface area contributed by atoms with Crippen LogP contribution < -0.4 is 0 Å². The first kappa shape index (κ1) is 11.2. The van der Waals surface area contributed by atoms with E-state index in [0.29, 0.717) is 0 Å². The van der Waals surface area contributed by atoms with Crippen LogP contribution in [0.25, 0.3) is 0 Å². The van der Waals surface area contributed by atoms with E-state index in [2.05, 4.69) is 20.8 Å². The minimum Gasteiger partial charge on any atom is -0.277 e. The fourth-order valence-corrected chi connectivity index (χ4v) is 0.467. The summed E-state index contributed by atoms with van der Waals surface area (Å²) < 4.78 is -3.07. The first-order valence-electron chi connectivity index (χ1n) is 2.38. The summed E-state index contributed by atoms with van der Waals surface area (Å²) in [5.74, 6) is 0. The zero-order valence-corrected chi connectivity index (χ0v) is 7.29. The molecule has 0 atom stereocenters. The molecule has 0 aromatic rings. The molecule has 10 heteroatoms. The molecule has 0 aliphatic heterocycles. The second-order valence-electron chi connectivity index (χ2n) is 1.52. The van der Waals surface area contributed by atoms with Crippen LogP contribution in [0.2, 0.25) is 0 Å². The highest BCUT2D eigenvalue weighted by molar-refractivity contribution is 9.09. The molecule has 12 heavy (non-hydrogen) atoms. The Bertz CT molecular complexity index is 193. The molecule has 0 heterocycles. The maximum Gasteiger partial charge on any atom is 0.621 e. The molecular formula is C2H4BrN3O6. The number of nitro groups is 2. The van der Waals surface area contributed by atoms with E-state index in [-0.39, 0.29) is 0 Å². The van der Waals surface area contributed by atoms with Gasteiger partial charge in [-0.05, 0) is 0 Å². The summed E-state index contributed by atoms with van der Waals surface area (Å²) in [5.41, 5.74) is 0. The molecule has 1 N–H and O–H groups in total. The molecule has 0 amide bonds. The molecule has 0 spiro atoms. The predicted molar refractivity (Wildman–Crippen MR) is 36.3 cm³/mol. The predicted octanol–water partition coefficient (Wildman–Crippen LogP) is -0.201. The van der Waals surface area contributed by atoms with Crippen molar-refractivity contribution >= 4 is 15.9 Å². The number of rotatable bonds is 4. The summed E-state index contributed by atoms with van der Waals surface area (Å²) in [7, 11) is 0.836. The third-order valence-electron chi connectivity index (χ3n) is 0.881. The smallest absolute Gasteiger partial charge is 0.277 e. The van der Waals surface area contributed by atoms with Gasteiger partial charge in [-0.1, -0.05) is 0 Å². The molecule has 70 valence electrons. The number of halogens is 1. The quantitative estimate of drug-likeness (QED) is 0.239. The van der Waals surface area contributed by atoms with Gasteiger partial charge in [-0.15, -0.1) is 0 Å². The van der Waals surface area contributed by atoms with Crippen LogP contribution in [0.15, 0.2) is 0 Å². The molecule has 0 aliphatic rings. The zero-order valence-electron chi connectivity index (χ0n) is 5.71. The van der Waals surface area contributed by atoms with Gasteiger partial charge in [-0.25, -0.2) is 0 Å². The van der Waals surface area contributed by atoms with Crippen molar-refractivity contribution in [3.63, 3.8) is 0 Å². The minimum absolute atomic E-state index is 0.521. The zero-order chi connectivity index (χ0) is 9.94. The Morgan fingerprint density at radius 3 is 1.92 bits per heavy atom. The lowest BCUT2D eigenvalue weighted by Crippen LogP contribution is -2.53. The second-order valence-corrected chi connectivity index (χ2v) is 2.59. The fourth-order valence-electron chi connectivity index (χ4n) is 0.323. The molecule has 0 unspecified atom stereocenters. The second kappa shape index (κ2) is 3.71. The van der Waals surface area contributed by atoms with Gasteiger partial charge in [0.1, 0.15) is 25.8 Å². The number of hydrogen-bond donors (Lipinski definition) is 1. The van der Waals surface area contributed by atoms with Crippen molar-refractivity contribution in [3.05, 3.63) is 20.2 Å². The van der Waals surface area contributed by atoms with E-state index in [1.807, 2.05) is 0 Å². The van der Waals surface area contributed by atoms with Crippen molar-refractivity contribution in [1.82, 2.24) is 5.23 Å². The molecule has 0 radical (unpaired) electrons. The van der Waals surface area contributed by atoms with Gasteiger partial charge in [0.05, 0.1) is 12.3 Å². The maximum absolute atomic E-state index is 10.1. The lowest BCUT2D eigenvalue weighted by atomic mass is 10.9. The molecule has 0 aromatic carbocycles. The average Bonchev–Trinajstić information content (AvgIpc) is 2.00. The lowest BCUT2D eigenvalue weighted by molar-refractivity contribution is -0.822. The van der Waals surface area contributed by atoms with Crippen LogP contribution in [0.3, 0.4) is 0 Å². The van der Waals surface area contributed by atoms with E-state index in [1.54, 1.807) is 0 Å². The lowest BCUT2D eigenvalue weighted by Gasteiger charge is -2.15. The van der Waals surface area contributed by atoms with E-state index in [0.717, 1.165) is 7.11 Å². The average molecular weight is 246 g/mol. The summed E-state index contributed by atoms with van der Waals surface area (Å²) in [4.78, 5) is 21.4. The SMILES string of the molecule is CON(O)C(Br)([N+](=O)[O-])[N+](=O)[O-]. The van der Waals surface area contributed by atoms with Crippen molar-refractivity contribution < 1.29 is 19.9 Å². The summed E-state index contributed by atoms with van der Waals surface area (Å²) in [6, 6.07) is 0. The maximum atomic E-state index is 10.1. The number of alkyl halides is 1. The Labute approximate surface area is 73.9 Å². The van der Waals surface area contributed by atoms with E-state index in [4.69, 9.17) is 5.21 Å². The van der Waals surface area contributed by atoms with Crippen LogP contribution in [0.4, 0.5) is 0 Å². The van der Waals surface area contributed by atoms with Crippen LogP contribution in [-0.2, 0) is 4.84 Å². The Morgan fingerprint density at radius 1 is 1.50 bits per heavy atom. The molecule has 0 bridgehead atoms. The topological polar surface area (TPSA) is 119 Å². The van der Waals surface area contributed by atoms with E-state index in [9.17, 15) is 20.2 Å². The molecule has 0 saturated heterocycles. The summed E-state index contributed by atoms with van der Waals surface area (Å²) in [6.45, 7) is 0. The number of hydrogen-bond acceptors (Lipinski definition) is 7. The Hall–Kier alpha value is -0.840. The monoisotopic (exact) mass is 245 g/mol. The third kappa shape index (κ3) is 1.66. The van der Waals surface area contributed by atoms with Crippen LogP contribution in [0.5, 0.6) is 0 Å². The van der Waals surface area contributed by atoms with Crippen LogP contribution >= 0.6 is 15.9 Å². The Kier molecular flexibility index (Phi) is 3.45. The van der Waals surface area contributed by atoms with Gasteiger partial charge in [0.15, 0.2) is 0 Å². The van der Waals surface area contributed by atoms with Gasteiger partial charge >= 0.3 is 4.70 Å². The number of nitrogens with zero attached hydrogens (tertiary/aromatic N) is 3. The van der Waals surface area contributed by atoms with E-state index < -0.39 is 19.8 Å². The van der Waals surface area contributed by atoms with Crippen LogP contribution in [0, 0.1) is 20.2 Å². The van der Waals surface area contributed by atoms with Crippen LogP contribution in [0.1, 0.15) is 0 Å². The Balaban J connectivity index is 4.87. The van der Waals surface area contributed by atoms with Crippen molar-refractivity contribution in [2.75, 3.05) is 7.11 Å². The summed E-state index contributed by atoms with van der Waals surface area (Å²) in [5, 5.41) is 28.3. The highest BCUT2D eigenvalue weighted by Crippen LogP contribution is 2.22. The van der Waals surface area contributed by atoms with Crippen molar-refractivity contribution in [1.29, 1.82) is 0 Å². The Morgan fingerprint density at radius 2 is 1.83 bits per heavy atom. The first-order valence-corrected chi connectivity index (χ1v) is 3.17. The first-order chi connectivity index (χ1) is 5.37. The highest BCUT2D eigenvalue weighted by Gasteiger charge is 2.62. The van der Waals surface area contributed by atoms with Gasteiger partial charge in [0.25, 0.3) is 0 Å². The van der Waals surface area contributed by atoms with Crippen molar-refractivity contribution in [2.45, 2.75) is 4.70 Å². The molecule has 0 rings (SSSR count). The summed E-state index contributed by atoms with van der Waals surface area (Å²) >= 11 is 2.09. The highest BCUT2D eigenvalue weighted by atomic mass is 79.9. The largest absolute Gasteiger partial charge is 0.621 e. The molecule has 0 saturated carbocycles. The van der Waals surface area contributed by atoms with Gasteiger partial charge in [-0.2, -0.15) is 0 Å².